The van der Waals surface area contributed by atoms with Gasteiger partial charge in [0, 0.05) is 5.38 Å². The Balaban J connectivity index is 2.93. The third-order valence-electron chi connectivity index (χ3n) is 0.748. The number of thiophene rings is 1. The van der Waals surface area contributed by atoms with Crippen molar-refractivity contribution in [2.45, 2.75) is 0 Å². The zero-order valence-corrected chi connectivity index (χ0v) is 4.74. The topological polar surface area (TPSA) is 17.1 Å². The van der Waals surface area contributed by atoms with Gasteiger partial charge in [-0.3, -0.25) is 4.79 Å². The molecule has 42 valence electrons. The van der Waals surface area contributed by atoms with Gasteiger partial charge in [-0.1, -0.05) is 0 Å². The molecular weight excluding hydrogens is 127 g/mol. The molecule has 0 aliphatic rings. The number of carbonyl (C=O) groups excluding carboxylic acids is 1. The van der Waals surface area contributed by atoms with Crippen LogP contribution in [0.25, 0.3) is 0 Å². The van der Waals surface area contributed by atoms with Gasteiger partial charge in [-0.15, -0.1) is 0 Å². The van der Waals surface area contributed by atoms with Crippen LogP contribution in [0.1, 0.15) is 10.4 Å². The van der Waals surface area contributed by atoms with E-state index in [4.69, 9.17) is 0 Å². The Bertz CT molecular complexity index is 180. The highest BCUT2D eigenvalue weighted by Gasteiger charge is 2.00. The molecule has 0 aliphatic carbocycles. The largest absolute Gasteiger partial charge is 0.332 e. The van der Waals surface area contributed by atoms with Crippen molar-refractivity contribution >= 4 is 17.4 Å². The van der Waals surface area contributed by atoms with Crippen LogP contribution in [0.2, 0.25) is 0 Å². The van der Waals surface area contributed by atoms with E-state index in [0.717, 1.165) is 0 Å². The molecule has 1 aromatic heterocycles. The molecule has 0 radical (unpaired) electrons. The van der Waals surface area contributed by atoms with Crippen LogP contribution in [0.3, 0.4) is 0 Å². The SMILES string of the molecule is O=C(F)c1ccsc1. The zero-order chi connectivity index (χ0) is 5.98. The highest BCUT2D eigenvalue weighted by Crippen LogP contribution is 2.06. The maximum atomic E-state index is 11.6. The van der Waals surface area contributed by atoms with Crippen molar-refractivity contribution in [3.63, 3.8) is 0 Å². The summed E-state index contributed by atoms with van der Waals surface area (Å²) in [6.45, 7) is 0. The van der Waals surface area contributed by atoms with E-state index in [0.29, 0.717) is 0 Å². The molecule has 0 saturated carbocycles. The van der Waals surface area contributed by atoms with E-state index in [9.17, 15) is 9.18 Å². The Morgan fingerprint density at radius 3 is 2.75 bits per heavy atom. The van der Waals surface area contributed by atoms with Crippen molar-refractivity contribution in [3.05, 3.63) is 22.4 Å². The number of rotatable bonds is 1. The highest BCUT2D eigenvalue weighted by molar-refractivity contribution is 7.08. The summed E-state index contributed by atoms with van der Waals surface area (Å²) in [4.78, 5) is 9.85. The second kappa shape index (κ2) is 2.05. The summed E-state index contributed by atoms with van der Waals surface area (Å²) in [5.74, 6) is 0. The van der Waals surface area contributed by atoms with Gasteiger partial charge in [0.2, 0.25) is 0 Å². The van der Waals surface area contributed by atoms with Gasteiger partial charge >= 0.3 is 6.04 Å². The predicted octanol–water partition coefficient (Wildman–Crippen LogP) is 1.86. The lowest BCUT2D eigenvalue weighted by Crippen LogP contribution is -1.82. The van der Waals surface area contributed by atoms with Gasteiger partial charge < -0.3 is 0 Å². The molecule has 8 heavy (non-hydrogen) atoms. The molecule has 0 spiro atoms. The van der Waals surface area contributed by atoms with Crippen LogP contribution in [0, 0.1) is 0 Å². The minimum absolute atomic E-state index is 0.148. The van der Waals surface area contributed by atoms with E-state index in [1.807, 2.05) is 0 Å². The van der Waals surface area contributed by atoms with Gasteiger partial charge in [0.15, 0.2) is 0 Å². The fourth-order valence-electron chi connectivity index (χ4n) is 0.376. The maximum absolute atomic E-state index is 11.6. The number of carbonyl (C=O) groups is 1. The first kappa shape index (κ1) is 5.44. The Kier molecular flexibility index (Phi) is 1.39. The lowest BCUT2D eigenvalue weighted by atomic mass is 10.4. The summed E-state index contributed by atoms with van der Waals surface area (Å²) in [5.41, 5.74) is 0.148. The van der Waals surface area contributed by atoms with E-state index in [1.54, 1.807) is 5.38 Å². The number of hydrogen-bond donors (Lipinski definition) is 0. The van der Waals surface area contributed by atoms with Gasteiger partial charge in [-0.25, -0.2) is 0 Å². The minimum atomic E-state index is -1.36. The molecule has 0 bridgehead atoms. The van der Waals surface area contributed by atoms with Crippen molar-refractivity contribution < 1.29 is 9.18 Å². The van der Waals surface area contributed by atoms with Crippen molar-refractivity contribution in [1.82, 2.24) is 0 Å². The van der Waals surface area contributed by atoms with Gasteiger partial charge in [0.25, 0.3) is 0 Å². The molecule has 0 aromatic carbocycles. The minimum Gasteiger partial charge on any atom is -0.255 e. The van der Waals surface area contributed by atoms with Crippen LogP contribution in [0.15, 0.2) is 16.8 Å². The Hall–Kier alpha value is -0.700. The van der Waals surface area contributed by atoms with Crippen molar-refractivity contribution in [2.24, 2.45) is 0 Å². The lowest BCUT2D eigenvalue weighted by Gasteiger charge is -1.75. The number of hydrogen-bond acceptors (Lipinski definition) is 2. The van der Waals surface area contributed by atoms with Gasteiger partial charge in [0.05, 0.1) is 5.56 Å². The second-order valence-corrected chi connectivity index (χ2v) is 2.07. The Labute approximate surface area is 49.8 Å². The van der Waals surface area contributed by atoms with Gasteiger partial charge in [0.1, 0.15) is 0 Å². The first-order chi connectivity index (χ1) is 3.80. The van der Waals surface area contributed by atoms with Crippen LogP contribution in [-0.2, 0) is 0 Å². The Morgan fingerprint density at radius 2 is 2.50 bits per heavy atom. The molecule has 0 N–H and O–H groups in total. The molecule has 0 unspecified atom stereocenters. The van der Waals surface area contributed by atoms with E-state index < -0.39 is 6.04 Å². The molecule has 3 heteroatoms. The molecule has 0 atom stereocenters. The first-order valence-electron chi connectivity index (χ1n) is 2.03. The van der Waals surface area contributed by atoms with Crippen molar-refractivity contribution in [2.75, 3.05) is 0 Å². The molecule has 0 amide bonds. The fourth-order valence-corrected chi connectivity index (χ4v) is 0.998. The van der Waals surface area contributed by atoms with Gasteiger partial charge in [-0.05, 0) is 11.4 Å². The third-order valence-corrected chi connectivity index (χ3v) is 1.43. The average molecular weight is 130 g/mol. The molecule has 1 aromatic rings. The van der Waals surface area contributed by atoms with Gasteiger partial charge in [-0.2, -0.15) is 15.7 Å². The van der Waals surface area contributed by atoms with Crippen LogP contribution < -0.4 is 0 Å². The second-order valence-electron chi connectivity index (χ2n) is 1.29. The van der Waals surface area contributed by atoms with Crippen LogP contribution in [0.4, 0.5) is 4.39 Å². The number of halogens is 1. The van der Waals surface area contributed by atoms with Crippen molar-refractivity contribution in [1.29, 1.82) is 0 Å². The maximum Gasteiger partial charge on any atom is 0.332 e. The molecule has 0 saturated heterocycles. The van der Waals surface area contributed by atoms with E-state index in [-0.39, 0.29) is 5.56 Å². The van der Waals surface area contributed by atoms with Crippen LogP contribution >= 0.6 is 11.3 Å². The summed E-state index contributed by atoms with van der Waals surface area (Å²) in [5, 5.41) is 3.13. The zero-order valence-electron chi connectivity index (χ0n) is 3.93. The van der Waals surface area contributed by atoms with Crippen LogP contribution in [-0.4, -0.2) is 6.04 Å². The molecule has 1 heterocycles. The quantitative estimate of drug-likeness (QED) is 0.530. The normalized spacial score (nSPS) is 9.12. The molecular formula is C5H3FOS. The molecule has 0 aliphatic heterocycles. The van der Waals surface area contributed by atoms with Crippen molar-refractivity contribution in [3.8, 4) is 0 Å². The summed E-state index contributed by atoms with van der Waals surface area (Å²) in [6, 6.07) is 0.0961. The summed E-state index contributed by atoms with van der Waals surface area (Å²) in [7, 11) is 0. The molecule has 1 nitrogen and oxygen atoms in total. The highest BCUT2D eigenvalue weighted by atomic mass is 32.1. The standard InChI is InChI=1S/C5H3FOS/c6-5(7)4-1-2-8-3-4/h1-3H. The summed E-state index contributed by atoms with van der Waals surface area (Å²) in [6.07, 6.45) is 0. The van der Waals surface area contributed by atoms with E-state index in [1.165, 1.54) is 22.8 Å². The monoisotopic (exact) mass is 130 g/mol. The van der Waals surface area contributed by atoms with E-state index in [2.05, 4.69) is 0 Å². The first-order valence-corrected chi connectivity index (χ1v) is 2.97. The third kappa shape index (κ3) is 0.924. The average Bonchev–Trinajstić information content (AvgIpc) is 2.12. The fraction of sp³-hybridized carbons (Fsp3) is 0. The van der Waals surface area contributed by atoms with Crippen LogP contribution in [0.5, 0.6) is 0 Å². The molecule has 1 rings (SSSR count). The summed E-state index contributed by atoms with van der Waals surface area (Å²) >= 11 is 1.31. The summed E-state index contributed by atoms with van der Waals surface area (Å²) < 4.78 is 11.6. The molecule has 0 fully saturated rings. The van der Waals surface area contributed by atoms with E-state index >= 15 is 0 Å². The smallest absolute Gasteiger partial charge is 0.255 e. The predicted molar refractivity (Wildman–Crippen MR) is 29.8 cm³/mol. The Morgan fingerprint density at radius 1 is 1.75 bits per heavy atom. The lowest BCUT2D eigenvalue weighted by molar-refractivity contribution is 0.0836.